The molecule has 3 aromatic rings. The molecule has 5 nitrogen and oxygen atoms in total. The van der Waals surface area contributed by atoms with Crippen molar-refractivity contribution >= 4 is 61.8 Å². The van der Waals surface area contributed by atoms with Gasteiger partial charge in [0.1, 0.15) is 0 Å². The summed E-state index contributed by atoms with van der Waals surface area (Å²) in [5.41, 5.74) is 3.05. The number of aryl methyl sites for hydroxylation is 2. The summed E-state index contributed by atoms with van der Waals surface area (Å²) in [6.07, 6.45) is 0. The van der Waals surface area contributed by atoms with Crippen LogP contribution >= 0.6 is 39.3 Å². The van der Waals surface area contributed by atoms with E-state index in [1.165, 1.54) is 11.8 Å². The molecule has 0 saturated heterocycles. The van der Waals surface area contributed by atoms with Crippen molar-refractivity contribution in [2.24, 2.45) is 0 Å². The molecule has 1 N–H and O–H groups in total. The highest BCUT2D eigenvalue weighted by Crippen LogP contribution is 2.28. The number of carbonyl (C=O) groups is 1. The SMILES string of the molecule is CCn1c(SCC(=O)Nc2c(C)cc(C)cc2Cl)nc2ccc(Br)cc2c1=O. The number of halogens is 2. The minimum absolute atomic E-state index is 0.117. The van der Waals surface area contributed by atoms with E-state index < -0.39 is 0 Å². The van der Waals surface area contributed by atoms with E-state index in [2.05, 4.69) is 26.2 Å². The van der Waals surface area contributed by atoms with Gasteiger partial charge in [0.15, 0.2) is 5.16 Å². The lowest BCUT2D eigenvalue weighted by Gasteiger charge is -2.13. The lowest BCUT2D eigenvalue weighted by atomic mass is 10.1. The summed E-state index contributed by atoms with van der Waals surface area (Å²) in [4.78, 5) is 29.8. The Bertz CT molecular complexity index is 1110. The molecular formula is C20H19BrClN3O2S. The summed E-state index contributed by atoms with van der Waals surface area (Å²) in [5.74, 6) is -0.0790. The molecule has 3 rings (SSSR count). The molecule has 0 aliphatic heterocycles. The average molecular weight is 481 g/mol. The van der Waals surface area contributed by atoms with Gasteiger partial charge in [0, 0.05) is 11.0 Å². The zero-order chi connectivity index (χ0) is 20.4. The average Bonchev–Trinajstić information content (AvgIpc) is 2.63. The highest BCUT2D eigenvalue weighted by Gasteiger charge is 2.14. The number of carbonyl (C=O) groups excluding carboxylic acids is 1. The van der Waals surface area contributed by atoms with Crippen LogP contribution in [0.2, 0.25) is 5.02 Å². The summed E-state index contributed by atoms with van der Waals surface area (Å²) in [6.45, 7) is 6.21. The summed E-state index contributed by atoms with van der Waals surface area (Å²) in [6, 6.07) is 9.18. The van der Waals surface area contributed by atoms with Crippen LogP contribution in [0.5, 0.6) is 0 Å². The molecule has 0 aliphatic carbocycles. The normalized spacial score (nSPS) is 11.0. The van der Waals surface area contributed by atoms with Gasteiger partial charge in [0.25, 0.3) is 5.56 Å². The fourth-order valence-electron chi connectivity index (χ4n) is 2.94. The number of anilines is 1. The molecule has 28 heavy (non-hydrogen) atoms. The van der Waals surface area contributed by atoms with Crippen molar-refractivity contribution in [1.82, 2.24) is 9.55 Å². The highest BCUT2D eigenvalue weighted by molar-refractivity contribution is 9.10. The van der Waals surface area contributed by atoms with Crippen LogP contribution in [-0.2, 0) is 11.3 Å². The highest BCUT2D eigenvalue weighted by atomic mass is 79.9. The third-order valence-corrected chi connectivity index (χ3v) is 5.99. The Morgan fingerprint density at radius 1 is 1.29 bits per heavy atom. The maximum atomic E-state index is 12.8. The molecule has 0 radical (unpaired) electrons. The third kappa shape index (κ3) is 4.42. The van der Waals surface area contributed by atoms with E-state index in [9.17, 15) is 9.59 Å². The van der Waals surface area contributed by atoms with E-state index in [0.717, 1.165) is 15.6 Å². The minimum Gasteiger partial charge on any atom is -0.324 e. The molecule has 1 heterocycles. The van der Waals surface area contributed by atoms with Crippen molar-refractivity contribution in [3.63, 3.8) is 0 Å². The molecule has 0 fully saturated rings. The van der Waals surface area contributed by atoms with Crippen molar-refractivity contribution in [3.8, 4) is 0 Å². The maximum absolute atomic E-state index is 12.8. The molecule has 1 amide bonds. The van der Waals surface area contributed by atoms with Gasteiger partial charge in [-0.3, -0.25) is 14.2 Å². The number of amides is 1. The van der Waals surface area contributed by atoms with Crippen LogP contribution in [0.1, 0.15) is 18.1 Å². The van der Waals surface area contributed by atoms with E-state index >= 15 is 0 Å². The Kier molecular flexibility index (Phi) is 6.47. The fraction of sp³-hybridized carbons (Fsp3) is 0.250. The van der Waals surface area contributed by atoms with E-state index in [1.807, 2.05) is 39.0 Å². The van der Waals surface area contributed by atoms with Crippen molar-refractivity contribution in [2.75, 3.05) is 11.1 Å². The largest absolute Gasteiger partial charge is 0.324 e. The van der Waals surface area contributed by atoms with Gasteiger partial charge >= 0.3 is 0 Å². The van der Waals surface area contributed by atoms with Gasteiger partial charge < -0.3 is 5.32 Å². The van der Waals surface area contributed by atoms with Gasteiger partial charge in [-0.05, 0) is 56.2 Å². The second kappa shape index (κ2) is 8.68. The first-order chi connectivity index (χ1) is 13.3. The molecule has 0 bridgehead atoms. The first-order valence-electron chi connectivity index (χ1n) is 8.69. The Hall–Kier alpha value is -1.83. The number of hydrogen-bond acceptors (Lipinski definition) is 4. The lowest BCUT2D eigenvalue weighted by molar-refractivity contribution is -0.113. The number of rotatable bonds is 5. The summed E-state index contributed by atoms with van der Waals surface area (Å²) < 4.78 is 2.41. The Labute approximate surface area is 180 Å². The number of thioether (sulfide) groups is 1. The monoisotopic (exact) mass is 479 g/mol. The minimum atomic E-state index is -0.202. The second-order valence-corrected chi connectivity index (χ2v) is 8.65. The molecule has 0 saturated carbocycles. The van der Waals surface area contributed by atoms with Crippen LogP contribution in [-0.4, -0.2) is 21.2 Å². The van der Waals surface area contributed by atoms with Crippen molar-refractivity contribution in [1.29, 1.82) is 0 Å². The summed E-state index contributed by atoms with van der Waals surface area (Å²) in [5, 5.41) is 4.44. The quantitative estimate of drug-likeness (QED) is 0.404. The number of hydrogen-bond donors (Lipinski definition) is 1. The Morgan fingerprint density at radius 3 is 2.71 bits per heavy atom. The molecular weight excluding hydrogens is 462 g/mol. The zero-order valence-corrected chi connectivity index (χ0v) is 18.8. The molecule has 1 aromatic heterocycles. The van der Waals surface area contributed by atoms with Crippen LogP contribution < -0.4 is 10.9 Å². The Morgan fingerprint density at radius 2 is 2.04 bits per heavy atom. The number of fused-ring (bicyclic) bond motifs is 1. The molecule has 0 spiro atoms. The first-order valence-corrected chi connectivity index (χ1v) is 10.8. The summed E-state index contributed by atoms with van der Waals surface area (Å²) >= 11 is 10.9. The van der Waals surface area contributed by atoms with Gasteiger partial charge in [0.2, 0.25) is 5.91 Å². The molecule has 8 heteroatoms. The van der Waals surface area contributed by atoms with Crippen LogP contribution in [0.4, 0.5) is 5.69 Å². The fourth-order valence-corrected chi connectivity index (χ4v) is 4.53. The lowest BCUT2D eigenvalue weighted by Crippen LogP contribution is -2.23. The number of benzene rings is 2. The van der Waals surface area contributed by atoms with Crippen molar-refractivity contribution in [3.05, 3.63) is 61.3 Å². The topological polar surface area (TPSA) is 64.0 Å². The van der Waals surface area contributed by atoms with E-state index in [4.69, 9.17) is 11.6 Å². The van der Waals surface area contributed by atoms with E-state index in [0.29, 0.717) is 33.3 Å². The number of nitrogens with zero attached hydrogens (tertiary/aromatic N) is 2. The van der Waals surface area contributed by atoms with E-state index in [-0.39, 0.29) is 17.2 Å². The first kappa shape index (κ1) is 20.9. The van der Waals surface area contributed by atoms with Gasteiger partial charge in [-0.2, -0.15) is 0 Å². The predicted octanol–water partition coefficient (Wildman–Crippen LogP) is 5.18. The van der Waals surface area contributed by atoms with Crippen molar-refractivity contribution in [2.45, 2.75) is 32.5 Å². The molecule has 2 aromatic carbocycles. The van der Waals surface area contributed by atoms with Gasteiger partial charge in [-0.15, -0.1) is 0 Å². The molecule has 0 unspecified atom stereocenters. The third-order valence-electron chi connectivity index (χ3n) is 4.23. The van der Waals surface area contributed by atoms with Gasteiger partial charge in [-0.25, -0.2) is 4.98 Å². The number of nitrogens with one attached hydrogen (secondary N) is 1. The smallest absolute Gasteiger partial charge is 0.262 e. The predicted molar refractivity (Wildman–Crippen MR) is 120 cm³/mol. The zero-order valence-electron chi connectivity index (χ0n) is 15.7. The van der Waals surface area contributed by atoms with Crippen molar-refractivity contribution < 1.29 is 4.79 Å². The Balaban J connectivity index is 1.83. The van der Waals surface area contributed by atoms with Crippen LogP contribution in [0.3, 0.4) is 0 Å². The molecule has 0 atom stereocenters. The molecule has 146 valence electrons. The van der Waals surface area contributed by atoms with Crippen LogP contribution in [0.25, 0.3) is 10.9 Å². The second-order valence-electron chi connectivity index (χ2n) is 6.38. The molecule has 0 aliphatic rings. The van der Waals surface area contributed by atoms with Gasteiger partial charge in [-0.1, -0.05) is 45.4 Å². The standard InChI is InChI=1S/C20H19BrClN3O2S/c1-4-25-19(27)14-9-13(21)5-6-16(14)23-20(25)28-10-17(26)24-18-12(3)7-11(2)8-15(18)22/h5-9H,4,10H2,1-3H3,(H,24,26). The summed E-state index contributed by atoms with van der Waals surface area (Å²) in [7, 11) is 0. The number of aromatic nitrogens is 2. The van der Waals surface area contributed by atoms with Crippen LogP contribution in [0.15, 0.2) is 44.8 Å². The van der Waals surface area contributed by atoms with Crippen LogP contribution in [0, 0.1) is 13.8 Å². The van der Waals surface area contributed by atoms with Gasteiger partial charge in [0.05, 0.1) is 27.4 Å². The van der Waals surface area contributed by atoms with E-state index in [1.54, 1.807) is 16.7 Å². The maximum Gasteiger partial charge on any atom is 0.262 e.